The molecule has 14 heavy (non-hydrogen) atoms. The van der Waals surface area contributed by atoms with Crippen molar-refractivity contribution in [3.63, 3.8) is 0 Å². The van der Waals surface area contributed by atoms with E-state index in [2.05, 4.69) is 4.74 Å². The Labute approximate surface area is 82.3 Å². The van der Waals surface area contributed by atoms with Crippen molar-refractivity contribution in [1.29, 1.82) is 0 Å². The topological polar surface area (TPSA) is 61.8 Å². The molecule has 0 saturated carbocycles. The molecule has 0 bridgehead atoms. The van der Waals surface area contributed by atoms with Crippen LogP contribution in [0.4, 0.5) is 0 Å². The molecule has 0 radical (unpaired) electrons. The molecule has 2 atom stereocenters. The van der Waals surface area contributed by atoms with Gasteiger partial charge in [-0.3, -0.25) is 9.59 Å². The van der Waals surface area contributed by atoms with E-state index < -0.39 is 29.6 Å². The van der Waals surface area contributed by atoms with E-state index in [0.717, 1.165) is 0 Å². The fourth-order valence-electron chi connectivity index (χ4n) is 1.63. The summed E-state index contributed by atoms with van der Waals surface area (Å²) in [6.45, 7) is 3.46. The van der Waals surface area contributed by atoms with Gasteiger partial charge in [0.05, 0.1) is 12.5 Å². The standard InChI is InChI=1S/C9H14O5/c1-9(2)5(6(10)12-3)7(11)14-8(9)13-4/h5,8H,1-4H3/t5-,8+/m0/s1. The van der Waals surface area contributed by atoms with Gasteiger partial charge >= 0.3 is 11.9 Å². The summed E-state index contributed by atoms with van der Waals surface area (Å²) in [6.07, 6.45) is -0.695. The first-order valence-corrected chi connectivity index (χ1v) is 4.26. The average molecular weight is 202 g/mol. The van der Waals surface area contributed by atoms with Gasteiger partial charge in [0.1, 0.15) is 0 Å². The van der Waals surface area contributed by atoms with Crippen LogP contribution in [0.15, 0.2) is 0 Å². The minimum absolute atomic E-state index is 0.584. The Bertz CT molecular complexity index is 258. The van der Waals surface area contributed by atoms with Crippen molar-refractivity contribution in [3.05, 3.63) is 0 Å². The number of cyclic esters (lactones) is 1. The first-order valence-electron chi connectivity index (χ1n) is 4.26. The monoisotopic (exact) mass is 202 g/mol. The quantitative estimate of drug-likeness (QED) is 0.477. The molecular formula is C9H14O5. The molecule has 0 aliphatic carbocycles. The second-order valence-corrected chi connectivity index (χ2v) is 3.78. The number of methoxy groups -OCH3 is 2. The maximum Gasteiger partial charge on any atom is 0.323 e. The molecule has 0 aromatic carbocycles. The van der Waals surface area contributed by atoms with E-state index in [4.69, 9.17) is 9.47 Å². The van der Waals surface area contributed by atoms with Gasteiger partial charge in [-0.05, 0) is 0 Å². The van der Waals surface area contributed by atoms with Gasteiger partial charge < -0.3 is 14.2 Å². The number of carbonyl (C=O) groups excluding carboxylic acids is 2. The highest BCUT2D eigenvalue weighted by molar-refractivity contribution is 5.97. The molecule has 1 aliphatic rings. The van der Waals surface area contributed by atoms with Gasteiger partial charge in [0.15, 0.2) is 5.92 Å². The van der Waals surface area contributed by atoms with Crippen molar-refractivity contribution in [2.75, 3.05) is 14.2 Å². The third-order valence-corrected chi connectivity index (χ3v) is 2.46. The average Bonchev–Trinajstić information content (AvgIpc) is 2.35. The Morgan fingerprint density at radius 1 is 1.43 bits per heavy atom. The van der Waals surface area contributed by atoms with Crippen LogP contribution in [-0.4, -0.2) is 32.4 Å². The van der Waals surface area contributed by atoms with Gasteiger partial charge in [-0.2, -0.15) is 0 Å². The predicted octanol–water partition coefficient (Wildman–Crippen LogP) is 0.331. The van der Waals surface area contributed by atoms with Crippen molar-refractivity contribution in [2.45, 2.75) is 20.1 Å². The summed E-state index contributed by atoms with van der Waals surface area (Å²) in [5.74, 6) is -2.08. The third kappa shape index (κ3) is 1.48. The fraction of sp³-hybridized carbons (Fsp3) is 0.778. The molecule has 0 amide bonds. The van der Waals surface area contributed by atoms with E-state index >= 15 is 0 Å². The Morgan fingerprint density at radius 3 is 2.36 bits per heavy atom. The number of esters is 2. The van der Waals surface area contributed by atoms with Crippen molar-refractivity contribution < 1.29 is 23.8 Å². The van der Waals surface area contributed by atoms with Crippen molar-refractivity contribution >= 4 is 11.9 Å². The predicted molar refractivity (Wildman–Crippen MR) is 46.2 cm³/mol. The summed E-state index contributed by atoms with van der Waals surface area (Å²) >= 11 is 0. The van der Waals surface area contributed by atoms with Gasteiger partial charge in [0.25, 0.3) is 0 Å². The van der Waals surface area contributed by atoms with E-state index in [1.54, 1.807) is 13.8 Å². The number of carbonyl (C=O) groups is 2. The second kappa shape index (κ2) is 3.57. The lowest BCUT2D eigenvalue weighted by atomic mass is 9.80. The summed E-state index contributed by atoms with van der Waals surface area (Å²) in [5.41, 5.74) is -0.696. The highest BCUT2D eigenvalue weighted by Gasteiger charge is 2.56. The van der Waals surface area contributed by atoms with E-state index in [9.17, 15) is 9.59 Å². The first-order chi connectivity index (χ1) is 6.45. The van der Waals surface area contributed by atoms with Gasteiger partial charge in [-0.1, -0.05) is 13.8 Å². The van der Waals surface area contributed by atoms with Gasteiger partial charge in [-0.15, -0.1) is 0 Å². The summed E-state index contributed by atoms with van der Waals surface area (Å²) < 4.78 is 14.4. The summed E-state index contributed by atoms with van der Waals surface area (Å²) in [4.78, 5) is 22.7. The van der Waals surface area contributed by atoms with Crippen molar-refractivity contribution in [1.82, 2.24) is 0 Å². The number of ether oxygens (including phenoxy) is 3. The largest absolute Gasteiger partial charge is 0.468 e. The Kier molecular flexibility index (Phi) is 2.80. The van der Waals surface area contributed by atoms with Crippen LogP contribution in [-0.2, 0) is 23.8 Å². The molecule has 1 aliphatic heterocycles. The van der Waals surface area contributed by atoms with E-state index in [1.165, 1.54) is 14.2 Å². The zero-order valence-corrected chi connectivity index (χ0v) is 8.70. The summed E-state index contributed by atoms with van der Waals surface area (Å²) in [6, 6.07) is 0. The first kappa shape index (κ1) is 11.0. The molecule has 1 fully saturated rings. The zero-order valence-electron chi connectivity index (χ0n) is 8.70. The molecule has 0 aromatic rings. The van der Waals surface area contributed by atoms with Crippen molar-refractivity contribution in [2.24, 2.45) is 11.3 Å². The van der Waals surface area contributed by atoms with Crippen LogP contribution in [0.3, 0.4) is 0 Å². The van der Waals surface area contributed by atoms with Crippen LogP contribution in [0.5, 0.6) is 0 Å². The molecule has 80 valence electrons. The zero-order chi connectivity index (χ0) is 10.9. The highest BCUT2D eigenvalue weighted by atomic mass is 16.7. The molecule has 1 heterocycles. The lowest BCUT2D eigenvalue weighted by molar-refractivity contribution is -0.166. The van der Waals surface area contributed by atoms with Gasteiger partial charge in [0.2, 0.25) is 6.29 Å². The lowest BCUT2D eigenvalue weighted by Crippen LogP contribution is -2.36. The minimum Gasteiger partial charge on any atom is -0.468 e. The van der Waals surface area contributed by atoms with Gasteiger partial charge in [0, 0.05) is 7.11 Å². The highest BCUT2D eigenvalue weighted by Crippen LogP contribution is 2.40. The molecule has 0 N–H and O–H groups in total. The maximum absolute atomic E-state index is 11.4. The van der Waals surface area contributed by atoms with Crippen LogP contribution in [0.2, 0.25) is 0 Å². The number of rotatable bonds is 2. The molecule has 0 unspecified atom stereocenters. The maximum atomic E-state index is 11.4. The molecule has 1 saturated heterocycles. The Hall–Kier alpha value is -1.10. The van der Waals surface area contributed by atoms with Crippen LogP contribution >= 0.6 is 0 Å². The lowest BCUT2D eigenvalue weighted by Gasteiger charge is -2.25. The summed E-state index contributed by atoms with van der Waals surface area (Å²) in [5, 5.41) is 0. The molecular weight excluding hydrogens is 188 g/mol. The fourth-order valence-corrected chi connectivity index (χ4v) is 1.63. The smallest absolute Gasteiger partial charge is 0.323 e. The van der Waals surface area contributed by atoms with Crippen LogP contribution < -0.4 is 0 Å². The molecule has 5 heteroatoms. The molecule has 0 spiro atoms. The van der Waals surface area contributed by atoms with Crippen LogP contribution in [0.25, 0.3) is 0 Å². The van der Waals surface area contributed by atoms with Gasteiger partial charge in [-0.25, -0.2) is 0 Å². The van der Waals surface area contributed by atoms with Crippen LogP contribution in [0, 0.1) is 11.3 Å². The molecule has 1 rings (SSSR count). The Morgan fingerprint density at radius 2 is 2.00 bits per heavy atom. The SMILES string of the molecule is COC(=O)[C@H]1C(=O)O[C@@H](OC)C1(C)C. The van der Waals surface area contributed by atoms with E-state index in [-0.39, 0.29) is 0 Å². The molecule has 0 aromatic heterocycles. The molecule has 5 nitrogen and oxygen atoms in total. The van der Waals surface area contributed by atoms with Crippen molar-refractivity contribution in [3.8, 4) is 0 Å². The summed E-state index contributed by atoms with van der Waals surface area (Å²) in [7, 11) is 2.67. The van der Waals surface area contributed by atoms with Crippen LogP contribution in [0.1, 0.15) is 13.8 Å². The third-order valence-electron chi connectivity index (χ3n) is 2.46. The Balaban J connectivity index is 2.95. The van der Waals surface area contributed by atoms with E-state index in [0.29, 0.717) is 0 Å². The second-order valence-electron chi connectivity index (χ2n) is 3.78. The number of hydrogen-bond donors (Lipinski definition) is 0. The minimum atomic E-state index is -0.905. The van der Waals surface area contributed by atoms with E-state index in [1.807, 2.05) is 0 Å². The normalized spacial score (nSPS) is 29.9. The number of hydrogen-bond acceptors (Lipinski definition) is 5.